The van der Waals surface area contributed by atoms with Gasteiger partial charge in [-0.25, -0.2) is 4.79 Å². The molecule has 0 saturated heterocycles. The number of ketones is 1. The number of carbonyl (C=O) groups is 2. The fourth-order valence-electron chi connectivity index (χ4n) is 3.30. The van der Waals surface area contributed by atoms with E-state index in [0.717, 1.165) is 0 Å². The van der Waals surface area contributed by atoms with E-state index in [2.05, 4.69) is 0 Å². The smallest absolute Gasteiger partial charge is 0.340 e. The molecule has 29 heavy (non-hydrogen) atoms. The number of benzene rings is 1. The molecule has 0 radical (unpaired) electrons. The first kappa shape index (κ1) is 19.9. The third kappa shape index (κ3) is 3.16. The minimum Gasteiger partial charge on any atom is -0.495 e. The number of nitro benzene ring substituents is 1. The Bertz CT molecular complexity index is 1150. The van der Waals surface area contributed by atoms with Gasteiger partial charge >= 0.3 is 11.7 Å². The Morgan fingerprint density at radius 3 is 2.34 bits per heavy atom. The molecule has 1 aromatic carbocycles. The number of pyridine rings is 1. The number of ether oxygens (including phenoxy) is 3. The summed E-state index contributed by atoms with van der Waals surface area (Å²) in [4.78, 5) is 36.2. The number of methoxy groups -OCH3 is 3. The lowest BCUT2D eigenvalue weighted by atomic mass is 10.0. The molecular formula is C20H18N2O7. The second-order valence-electron chi connectivity index (χ2n) is 6.11. The fourth-order valence-corrected chi connectivity index (χ4v) is 3.30. The maximum Gasteiger partial charge on any atom is 0.340 e. The van der Waals surface area contributed by atoms with Crippen LogP contribution >= 0.6 is 0 Å². The summed E-state index contributed by atoms with van der Waals surface area (Å²) in [5.41, 5.74) is 1.16. The van der Waals surface area contributed by atoms with Crippen molar-refractivity contribution < 1.29 is 28.7 Å². The van der Waals surface area contributed by atoms with Gasteiger partial charge in [-0.1, -0.05) is 0 Å². The maximum atomic E-state index is 13.3. The van der Waals surface area contributed by atoms with Gasteiger partial charge in [-0.05, 0) is 36.8 Å². The quantitative estimate of drug-likeness (QED) is 0.271. The summed E-state index contributed by atoms with van der Waals surface area (Å²) >= 11 is 0. The van der Waals surface area contributed by atoms with Crippen molar-refractivity contribution in [2.45, 2.75) is 6.92 Å². The van der Waals surface area contributed by atoms with E-state index in [9.17, 15) is 19.7 Å². The van der Waals surface area contributed by atoms with Gasteiger partial charge in [-0.2, -0.15) is 0 Å². The molecule has 0 amide bonds. The summed E-state index contributed by atoms with van der Waals surface area (Å²) in [5.74, 6) is -0.680. The highest BCUT2D eigenvalue weighted by atomic mass is 16.6. The highest BCUT2D eigenvalue weighted by Crippen LogP contribution is 2.34. The van der Waals surface area contributed by atoms with Crippen LogP contribution in [0.2, 0.25) is 0 Å². The Labute approximate surface area is 165 Å². The van der Waals surface area contributed by atoms with Crippen molar-refractivity contribution in [1.82, 2.24) is 4.40 Å². The summed E-state index contributed by atoms with van der Waals surface area (Å²) in [5, 5.41) is 11.1. The maximum absolute atomic E-state index is 13.3. The zero-order valence-corrected chi connectivity index (χ0v) is 16.2. The minimum atomic E-state index is -0.607. The highest BCUT2D eigenvalue weighted by molar-refractivity contribution is 6.13. The second kappa shape index (κ2) is 7.63. The van der Waals surface area contributed by atoms with E-state index in [-0.39, 0.29) is 28.3 Å². The topological polar surface area (TPSA) is 109 Å². The first-order valence-corrected chi connectivity index (χ1v) is 8.48. The Morgan fingerprint density at radius 1 is 1.07 bits per heavy atom. The van der Waals surface area contributed by atoms with Crippen molar-refractivity contribution in [3.8, 4) is 11.5 Å². The van der Waals surface area contributed by atoms with Crippen molar-refractivity contribution in [2.24, 2.45) is 0 Å². The molecule has 0 aliphatic heterocycles. The van der Waals surface area contributed by atoms with E-state index in [4.69, 9.17) is 14.2 Å². The van der Waals surface area contributed by atoms with E-state index in [1.807, 2.05) is 0 Å². The van der Waals surface area contributed by atoms with E-state index < -0.39 is 16.7 Å². The Morgan fingerprint density at radius 2 is 1.76 bits per heavy atom. The lowest BCUT2D eigenvalue weighted by molar-refractivity contribution is -0.385. The van der Waals surface area contributed by atoms with Crippen LogP contribution in [-0.2, 0) is 4.74 Å². The van der Waals surface area contributed by atoms with Crippen LogP contribution in [-0.4, -0.2) is 42.4 Å². The predicted octanol–water partition coefficient (Wildman–Crippen LogP) is 3.19. The predicted molar refractivity (Wildman–Crippen MR) is 103 cm³/mol. The van der Waals surface area contributed by atoms with Gasteiger partial charge in [0.15, 0.2) is 5.75 Å². The molecule has 0 aliphatic carbocycles. The third-order valence-corrected chi connectivity index (χ3v) is 4.63. The van der Waals surface area contributed by atoms with Crippen LogP contribution in [0.4, 0.5) is 5.69 Å². The number of esters is 1. The third-order valence-electron chi connectivity index (χ3n) is 4.63. The molecule has 0 aliphatic rings. The number of nitro groups is 1. The zero-order chi connectivity index (χ0) is 21.3. The number of rotatable bonds is 6. The van der Waals surface area contributed by atoms with Crippen LogP contribution in [0.1, 0.15) is 32.0 Å². The van der Waals surface area contributed by atoms with E-state index >= 15 is 0 Å². The number of nitrogens with zero attached hydrogens (tertiary/aromatic N) is 2. The molecule has 0 unspecified atom stereocenters. The largest absolute Gasteiger partial charge is 0.495 e. The summed E-state index contributed by atoms with van der Waals surface area (Å²) in [6.45, 7) is 1.63. The summed E-state index contributed by atoms with van der Waals surface area (Å²) in [6.07, 6.45) is 1.63. The fraction of sp³-hybridized carbons (Fsp3) is 0.200. The van der Waals surface area contributed by atoms with Crippen molar-refractivity contribution in [3.05, 3.63) is 69.0 Å². The van der Waals surface area contributed by atoms with Gasteiger partial charge in [-0.15, -0.1) is 0 Å². The van der Waals surface area contributed by atoms with E-state index in [1.165, 1.54) is 39.5 Å². The molecule has 9 heteroatoms. The molecule has 0 atom stereocenters. The molecule has 0 bridgehead atoms. The van der Waals surface area contributed by atoms with Gasteiger partial charge in [0.05, 0.1) is 37.5 Å². The summed E-state index contributed by atoms with van der Waals surface area (Å²) in [6, 6.07) is 7.21. The standard InChI is InChI=1S/C20H18N2O7/c1-11-16(20(24)29-4)18-14(27-2)6-5-9-21(18)17(11)19(23)12-7-8-13(22(25)26)15(10-12)28-3/h5-10H,1-4H3. The molecule has 2 heterocycles. The Balaban J connectivity index is 2.28. The molecule has 0 N–H and O–H groups in total. The van der Waals surface area contributed by atoms with E-state index in [0.29, 0.717) is 16.8 Å². The molecule has 3 aromatic rings. The number of fused-ring (bicyclic) bond motifs is 1. The molecule has 2 aromatic heterocycles. The summed E-state index contributed by atoms with van der Waals surface area (Å²) < 4.78 is 16.9. The number of hydrogen-bond acceptors (Lipinski definition) is 7. The van der Waals surface area contributed by atoms with Gasteiger partial charge in [0, 0.05) is 17.8 Å². The van der Waals surface area contributed by atoms with Crippen LogP contribution in [0, 0.1) is 17.0 Å². The Kier molecular flexibility index (Phi) is 5.22. The molecular weight excluding hydrogens is 380 g/mol. The lowest BCUT2D eigenvalue weighted by Crippen LogP contribution is -2.08. The molecule has 3 rings (SSSR count). The molecule has 0 saturated carbocycles. The monoisotopic (exact) mass is 398 g/mol. The number of carbonyl (C=O) groups excluding carboxylic acids is 2. The van der Waals surface area contributed by atoms with E-state index in [1.54, 1.807) is 29.7 Å². The lowest BCUT2D eigenvalue weighted by Gasteiger charge is -2.08. The number of aromatic nitrogens is 1. The SMILES string of the molecule is COC(=O)c1c(C)c(C(=O)c2ccc([N+](=O)[O-])c(OC)c2)n2cccc(OC)c12. The molecule has 0 fully saturated rings. The molecule has 0 spiro atoms. The average molecular weight is 398 g/mol. The molecule has 9 nitrogen and oxygen atoms in total. The minimum absolute atomic E-state index is 0.0369. The van der Waals surface area contributed by atoms with Crippen LogP contribution in [0.3, 0.4) is 0 Å². The summed E-state index contributed by atoms with van der Waals surface area (Å²) in [7, 11) is 4.00. The van der Waals surface area contributed by atoms with Crippen molar-refractivity contribution in [3.63, 3.8) is 0 Å². The average Bonchev–Trinajstić information content (AvgIpc) is 3.03. The first-order chi connectivity index (χ1) is 13.8. The molecule has 150 valence electrons. The van der Waals surface area contributed by atoms with Crippen LogP contribution < -0.4 is 9.47 Å². The van der Waals surface area contributed by atoms with Crippen LogP contribution in [0.15, 0.2) is 36.5 Å². The van der Waals surface area contributed by atoms with Gasteiger partial charge in [0.2, 0.25) is 5.78 Å². The van der Waals surface area contributed by atoms with Crippen LogP contribution in [0.25, 0.3) is 5.52 Å². The van der Waals surface area contributed by atoms with Gasteiger partial charge in [-0.3, -0.25) is 14.9 Å². The van der Waals surface area contributed by atoms with Gasteiger partial charge in [0.1, 0.15) is 11.3 Å². The highest BCUT2D eigenvalue weighted by Gasteiger charge is 2.28. The first-order valence-electron chi connectivity index (χ1n) is 8.48. The number of hydrogen-bond donors (Lipinski definition) is 0. The second-order valence-corrected chi connectivity index (χ2v) is 6.11. The van der Waals surface area contributed by atoms with Crippen molar-refractivity contribution in [1.29, 1.82) is 0 Å². The zero-order valence-electron chi connectivity index (χ0n) is 16.2. The van der Waals surface area contributed by atoms with Crippen molar-refractivity contribution >= 4 is 23.0 Å². The van der Waals surface area contributed by atoms with Crippen LogP contribution in [0.5, 0.6) is 11.5 Å². The van der Waals surface area contributed by atoms with Gasteiger partial charge in [0.25, 0.3) is 0 Å². The van der Waals surface area contributed by atoms with Gasteiger partial charge < -0.3 is 18.6 Å². The van der Waals surface area contributed by atoms with Crippen molar-refractivity contribution in [2.75, 3.05) is 21.3 Å². The Hall–Kier alpha value is -3.88. The normalized spacial score (nSPS) is 10.6.